The van der Waals surface area contributed by atoms with Gasteiger partial charge in [-0.2, -0.15) is 56.4 Å². The second-order valence-corrected chi connectivity index (χ2v) is 29.7. The third-order valence-corrected chi connectivity index (χ3v) is 17.1. The van der Waals surface area contributed by atoms with Gasteiger partial charge in [0.2, 0.25) is 0 Å². The van der Waals surface area contributed by atoms with Crippen LogP contribution in [0.2, 0.25) is 0 Å². The van der Waals surface area contributed by atoms with E-state index in [1.807, 2.05) is 133 Å². The average molecular weight is 1690 g/mol. The second-order valence-electron chi connectivity index (χ2n) is 29.7. The summed E-state index contributed by atoms with van der Waals surface area (Å²) in [5.74, 6) is 6.39. The number of methoxy groups -OCH3 is 4. The van der Waals surface area contributed by atoms with E-state index in [4.69, 9.17) is 18.9 Å². The van der Waals surface area contributed by atoms with Crippen LogP contribution in [0.15, 0.2) is 250 Å². The van der Waals surface area contributed by atoms with Crippen molar-refractivity contribution >= 4 is 70.9 Å². The number of aryl methyl sites for hydroxylation is 2. The van der Waals surface area contributed by atoms with E-state index in [0.29, 0.717) is 47.3 Å². The van der Waals surface area contributed by atoms with Gasteiger partial charge in [0, 0.05) is 22.7 Å². The Morgan fingerprint density at radius 1 is 0.233 bits per heavy atom. The van der Waals surface area contributed by atoms with E-state index in [2.05, 4.69) is 284 Å². The summed E-state index contributed by atoms with van der Waals surface area (Å²) in [5.41, 5.74) is 20.0. The first kappa shape index (κ1) is 113. The molecule has 0 saturated heterocycles. The Hall–Kier alpha value is -9.45. The molecule has 0 amide bonds. The summed E-state index contributed by atoms with van der Waals surface area (Å²) in [7, 11) is 20.6. The van der Waals surface area contributed by atoms with Gasteiger partial charge in [-0.05, 0) is 153 Å². The summed E-state index contributed by atoms with van der Waals surface area (Å²) in [6.45, 7) is 39.2. The molecule has 640 valence electrons. The van der Waals surface area contributed by atoms with Crippen LogP contribution >= 0.6 is 0 Å². The Kier molecular flexibility index (Phi) is 63.1. The summed E-state index contributed by atoms with van der Waals surface area (Å²) in [4.78, 5) is 18.5. The van der Waals surface area contributed by atoms with Crippen molar-refractivity contribution in [2.45, 2.75) is 172 Å². The first-order valence-corrected chi connectivity index (χ1v) is 40.5. The molecule has 0 aliphatic rings. The second kappa shape index (κ2) is 67.2. The molecule has 10 aromatic carbocycles. The Bertz CT molecular complexity index is 3980. The smallest absolute Gasteiger partial charge is 0.668 e. The number of benzene rings is 10. The van der Waals surface area contributed by atoms with Crippen molar-refractivity contribution in [2.75, 3.05) is 84.8 Å². The molecule has 10 aromatic rings. The van der Waals surface area contributed by atoms with Gasteiger partial charge in [-0.3, -0.25) is 0 Å². The van der Waals surface area contributed by atoms with E-state index in [9.17, 15) is 0 Å². The molecule has 16 nitrogen and oxygen atoms in total. The maximum absolute atomic E-state index is 5.32. The number of nitrogens with zero attached hydrogens (tertiary/aromatic N) is 12. The topological polar surface area (TPSA) is 199 Å². The summed E-state index contributed by atoms with van der Waals surface area (Å²) in [6.07, 6.45) is 6.52. The fourth-order valence-corrected chi connectivity index (χ4v) is 11.3. The molecule has 18 heteroatoms. The van der Waals surface area contributed by atoms with Crippen molar-refractivity contribution in [1.29, 1.82) is 0 Å². The first-order chi connectivity index (χ1) is 56.6. The molecule has 0 heterocycles. The SMILES string of the molecule is COc1ccccc1N=C[N-]c1c(C(C)C)cccc1C(C)C.COc1ccccc1[N-]C=Nc1c(C(C)C)cccc1C(C)C.COc1ccccc1[N-]C=Nc1c(C(C)C)cccc1C(C)C.COc1ccccc1[N-]C=Nc1c(C(C)C)cccc1C(C)C.C[N-]C.C[N-]C.C[N-]C.C[N-]C.Cc1ccccc1.Cc1ccccc1.[Ti+4].[Ti+4]. The van der Waals surface area contributed by atoms with Crippen molar-refractivity contribution in [3.8, 4) is 23.0 Å². The molecular weight excluding hydrogens is 1550 g/mol. The van der Waals surface area contributed by atoms with Crippen molar-refractivity contribution in [3.63, 3.8) is 0 Å². The maximum Gasteiger partial charge on any atom is 4.00 e. The van der Waals surface area contributed by atoms with E-state index >= 15 is 0 Å². The third-order valence-electron chi connectivity index (χ3n) is 17.1. The maximum atomic E-state index is 5.32. The minimum absolute atomic E-state index is 0. The molecule has 0 spiro atoms. The van der Waals surface area contributed by atoms with Crippen LogP contribution in [0.3, 0.4) is 0 Å². The van der Waals surface area contributed by atoms with Crippen LogP contribution in [0, 0.1) is 13.8 Å². The molecule has 0 aliphatic carbocycles. The van der Waals surface area contributed by atoms with Gasteiger partial charge in [-0.25, -0.2) is 0 Å². The normalized spacial score (nSPS) is 10.4. The minimum atomic E-state index is 0. The van der Waals surface area contributed by atoms with E-state index in [-0.39, 0.29) is 43.4 Å². The van der Waals surface area contributed by atoms with E-state index in [1.165, 1.54) is 55.6 Å². The third kappa shape index (κ3) is 43.2. The molecule has 10 rings (SSSR count). The zero-order chi connectivity index (χ0) is 88.3. The number of hydrogen-bond acceptors (Lipinski definition) is 8. The van der Waals surface area contributed by atoms with Crippen LogP contribution in [0.1, 0.15) is 214 Å². The van der Waals surface area contributed by atoms with Crippen LogP contribution in [0.4, 0.5) is 45.5 Å². The molecule has 0 saturated carbocycles. The Morgan fingerprint density at radius 2 is 0.433 bits per heavy atom. The molecule has 0 unspecified atom stereocenters. The number of ether oxygens (including phenoxy) is 4. The van der Waals surface area contributed by atoms with Gasteiger partial charge >= 0.3 is 43.4 Å². The molecule has 120 heavy (non-hydrogen) atoms. The van der Waals surface area contributed by atoms with Crippen molar-refractivity contribution in [1.82, 2.24) is 0 Å². The van der Waals surface area contributed by atoms with Crippen molar-refractivity contribution in [2.24, 2.45) is 20.0 Å². The molecule has 0 bridgehead atoms. The van der Waals surface area contributed by atoms with Gasteiger partial charge < -0.3 is 81.5 Å². The number of hydrogen-bond donors (Lipinski definition) is 0. The summed E-state index contributed by atoms with van der Waals surface area (Å²) < 4.78 is 21.3. The predicted molar refractivity (Wildman–Crippen MR) is 518 cm³/mol. The Balaban J connectivity index is 0. The number of rotatable bonds is 24. The van der Waals surface area contributed by atoms with Crippen LogP contribution in [0.25, 0.3) is 42.5 Å². The monoisotopic (exact) mass is 1690 g/mol. The standard InChI is InChI=1S/4C20H25N2O.2C7H8.4C2H6N.2Ti/c4*1-14(2)16-9-8-10-17(15(3)4)20(16)22-13-21-18-11-6-7-12-19(18)23-5;2*1-7-5-3-2-4-6-7;4*1-3-2;;/h4*6-15H,1-5H3;2*2-6H,1H3;4*1-2H3;;/q4*-1;;;4*-1;2*+4. The van der Waals surface area contributed by atoms with E-state index in [0.717, 1.165) is 68.5 Å². The molecule has 0 atom stereocenters. The fraction of sp³-hybridized carbons (Fsp3) is 0.373. The Morgan fingerprint density at radius 3 is 0.650 bits per heavy atom. The minimum Gasteiger partial charge on any atom is -0.668 e. The zero-order valence-electron chi connectivity index (χ0n) is 77.9. The molecule has 0 radical (unpaired) electrons. The quantitative estimate of drug-likeness (QED) is 0.0329. The van der Waals surface area contributed by atoms with E-state index in [1.54, 1.807) is 110 Å². The largest absolute Gasteiger partial charge is 4.00 e. The van der Waals surface area contributed by atoms with Gasteiger partial charge in [0.05, 0.1) is 28.4 Å². The number of aliphatic imine (C=N–C) groups is 4. The van der Waals surface area contributed by atoms with Crippen molar-refractivity contribution in [3.05, 3.63) is 329 Å². The zero-order valence-corrected chi connectivity index (χ0v) is 81.0. The van der Waals surface area contributed by atoms with Crippen LogP contribution in [-0.2, 0) is 43.4 Å². The molecule has 0 aromatic heterocycles. The van der Waals surface area contributed by atoms with Gasteiger partial charge in [0.1, 0.15) is 23.0 Å². The molecule has 0 fully saturated rings. The Labute approximate surface area is 756 Å². The van der Waals surface area contributed by atoms with Crippen LogP contribution in [-0.4, -0.2) is 110 Å². The molecule has 0 N–H and O–H groups in total. The molecule has 0 aliphatic heterocycles. The van der Waals surface area contributed by atoms with Gasteiger partial charge in [0.15, 0.2) is 0 Å². The van der Waals surface area contributed by atoms with Gasteiger partial charge in [-0.1, -0.05) is 354 Å². The fourth-order valence-electron chi connectivity index (χ4n) is 11.3. The average Bonchev–Trinajstić information content (AvgIpc) is 0.836. The number of para-hydroxylation sites is 12. The van der Waals surface area contributed by atoms with E-state index < -0.39 is 0 Å². The summed E-state index contributed by atoms with van der Waals surface area (Å²) >= 11 is 0. The van der Waals surface area contributed by atoms with Gasteiger partial charge in [0.25, 0.3) is 0 Å². The predicted octanol–water partition coefficient (Wildman–Crippen LogP) is 31.7. The summed E-state index contributed by atoms with van der Waals surface area (Å²) in [5, 5.41) is 32.0. The van der Waals surface area contributed by atoms with Crippen LogP contribution < -0.4 is 18.9 Å². The van der Waals surface area contributed by atoms with Gasteiger partial charge in [-0.15, -0.1) is 0 Å². The summed E-state index contributed by atoms with van der Waals surface area (Å²) in [6, 6.07) is 76.9. The first-order valence-electron chi connectivity index (χ1n) is 40.5. The van der Waals surface area contributed by atoms with Crippen LogP contribution in [0.5, 0.6) is 23.0 Å². The van der Waals surface area contributed by atoms with Crippen molar-refractivity contribution < 1.29 is 62.4 Å². The molecular formula is C102H140N12O4Ti2.